The van der Waals surface area contributed by atoms with E-state index in [1.54, 1.807) is 4.90 Å². The number of halogens is 2. The number of amides is 1. The van der Waals surface area contributed by atoms with Crippen LogP contribution in [-0.2, 0) is 11.2 Å². The Morgan fingerprint density at radius 3 is 2.07 bits per heavy atom. The van der Waals surface area contributed by atoms with E-state index in [4.69, 9.17) is 23.2 Å². The van der Waals surface area contributed by atoms with Gasteiger partial charge in [-0.1, -0.05) is 60.7 Å². The third kappa shape index (κ3) is 3.55. The van der Waals surface area contributed by atoms with Gasteiger partial charge in [0.05, 0.1) is 6.42 Å². The average Bonchev–Trinajstić information content (AvgIpc) is 2.73. The summed E-state index contributed by atoms with van der Waals surface area (Å²) in [6, 6.07) is 23.2. The molecule has 0 heterocycles. The first kappa shape index (κ1) is 19.0. The Kier molecular flexibility index (Phi) is 5.70. The minimum absolute atomic E-state index is 0.0621. The Hall–Kier alpha value is -2.29. The lowest BCUT2D eigenvalue weighted by Crippen LogP contribution is -2.35. The van der Waals surface area contributed by atoms with Gasteiger partial charge in [0, 0.05) is 24.8 Å². The van der Waals surface area contributed by atoms with Crippen LogP contribution in [0.5, 0.6) is 0 Å². The molecule has 4 heteroatoms. The number of hydrogen-bond donors (Lipinski definition) is 0. The van der Waals surface area contributed by atoms with Crippen molar-refractivity contribution in [2.75, 3.05) is 24.8 Å². The SMILES string of the molecule is O=C(Cc1c2ccccc2cc2c1ccc1ccccc12)N(CCCl)CCCl. The predicted octanol–water partition coefficient (Wildman–Crippen LogP) is 5.99. The van der Waals surface area contributed by atoms with E-state index in [-0.39, 0.29) is 5.91 Å². The molecule has 0 atom stereocenters. The van der Waals surface area contributed by atoms with Crippen LogP contribution in [0.15, 0.2) is 66.7 Å². The largest absolute Gasteiger partial charge is 0.340 e. The smallest absolute Gasteiger partial charge is 0.227 e. The van der Waals surface area contributed by atoms with Crippen molar-refractivity contribution in [2.45, 2.75) is 6.42 Å². The number of alkyl halides is 2. The number of nitrogens with zero attached hydrogens (tertiary/aromatic N) is 1. The van der Waals surface area contributed by atoms with Crippen LogP contribution in [0.2, 0.25) is 0 Å². The molecule has 28 heavy (non-hydrogen) atoms. The van der Waals surface area contributed by atoms with Crippen LogP contribution >= 0.6 is 23.2 Å². The van der Waals surface area contributed by atoms with E-state index in [2.05, 4.69) is 54.6 Å². The molecule has 0 spiro atoms. The lowest BCUT2D eigenvalue weighted by molar-refractivity contribution is -0.129. The van der Waals surface area contributed by atoms with E-state index < -0.39 is 0 Å². The molecular formula is C24H21Cl2NO. The molecule has 4 rings (SSSR count). The van der Waals surface area contributed by atoms with Crippen molar-refractivity contribution in [3.05, 3.63) is 72.3 Å². The first-order chi connectivity index (χ1) is 13.7. The summed E-state index contributed by atoms with van der Waals surface area (Å²) >= 11 is 11.8. The molecule has 0 aliphatic carbocycles. The third-order valence-corrected chi connectivity index (χ3v) is 5.61. The Bertz CT molecular complexity index is 1150. The second-order valence-electron chi connectivity index (χ2n) is 6.89. The molecule has 0 bridgehead atoms. The highest BCUT2D eigenvalue weighted by Crippen LogP contribution is 2.33. The fourth-order valence-electron chi connectivity index (χ4n) is 3.93. The highest BCUT2D eigenvalue weighted by molar-refractivity contribution is 6.19. The molecule has 0 aromatic heterocycles. The summed E-state index contributed by atoms with van der Waals surface area (Å²) in [4.78, 5) is 14.8. The highest BCUT2D eigenvalue weighted by atomic mass is 35.5. The average molecular weight is 410 g/mol. The quantitative estimate of drug-likeness (QED) is 0.217. The Balaban J connectivity index is 1.92. The minimum atomic E-state index is 0.0621. The number of benzene rings is 4. The summed E-state index contributed by atoms with van der Waals surface area (Å²) in [5, 5.41) is 6.99. The normalized spacial score (nSPS) is 11.4. The van der Waals surface area contributed by atoms with Crippen LogP contribution in [0.1, 0.15) is 5.56 Å². The molecule has 0 radical (unpaired) electrons. The summed E-state index contributed by atoms with van der Waals surface area (Å²) in [7, 11) is 0. The van der Waals surface area contributed by atoms with E-state index >= 15 is 0 Å². The molecule has 0 unspecified atom stereocenters. The maximum Gasteiger partial charge on any atom is 0.227 e. The van der Waals surface area contributed by atoms with Gasteiger partial charge in [0.15, 0.2) is 0 Å². The van der Waals surface area contributed by atoms with E-state index in [9.17, 15) is 4.79 Å². The maximum absolute atomic E-state index is 13.1. The first-order valence-electron chi connectivity index (χ1n) is 9.44. The zero-order valence-corrected chi connectivity index (χ0v) is 17.0. The fraction of sp³-hybridized carbons (Fsp3) is 0.208. The monoisotopic (exact) mass is 409 g/mol. The summed E-state index contributed by atoms with van der Waals surface area (Å²) in [6.07, 6.45) is 0.337. The molecule has 0 aliphatic rings. The Morgan fingerprint density at radius 1 is 0.714 bits per heavy atom. The second-order valence-corrected chi connectivity index (χ2v) is 7.65. The van der Waals surface area contributed by atoms with E-state index in [0.717, 1.165) is 21.7 Å². The highest BCUT2D eigenvalue weighted by Gasteiger charge is 2.17. The van der Waals surface area contributed by atoms with Crippen molar-refractivity contribution in [3.8, 4) is 0 Å². The standard InChI is InChI=1S/C24H21Cl2NO/c25-11-13-27(14-12-26)24(28)16-23-20-8-4-2-6-18(20)15-22-19-7-3-1-5-17(19)9-10-21(22)23/h1-10,15H,11-14,16H2. The predicted molar refractivity (Wildman–Crippen MR) is 121 cm³/mol. The van der Waals surface area contributed by atoms with Gasteiger partial charge in [-0.05, 0) is 43.9 Å². The molecule has 142 valence electrons. The van der Waals surface area contributed by atoms with Gasteiger partial charge in [0.1, 0.15) is 0 Å². The van der Waals surface area contributed by atoms with Crippen LogP contribution in [0, 0.1) is 0 Å². The number of rotatable bonds is 6. The van der Waals surface area contributed by atoms with Gasteiger partial charge < -0.3 is 4.90 Å². The summed E-state index contributed by atoms with van der Waals surface area (Å²) in [5.41, 5.74) is 1.07. The zero-order valence-electron chi connectivity index (χ0n) is 15.5. The van der Waals surface area contributed by atoms with Crippen molar-refractivity contribution in [2.24, 2.45) is 0 Å². The lowest BCUT2D eigenvalue weighted by Gasteiger charge is -2.22. The van der Waals surface area contributed by atoms with Crippen molar-refractivity contribution in [1.82, 2.24) is 4.90 Å². The topological polar surface area (TPSA) is 20.3 Å². The number of carbonyl (C=O) groups is 1. The molecule has 2 nitrogen and oxygen atoms in total. The molecular weight excluding hydrogens is 389 g/mol. The molecule has 0 saturated carbocycles. The molecule has 0 aliphatic heterocycles. The van der Waals surface area contributed by atoms with Gasteiger partial charge in [0.2, 0.25) is 5.91 Å². The summed E-state index contributed by atoms with van der Waals surface area (Å²) in [6.45, 7) is 1.03. The van der Waals surface area contributed by atoms with E-state index in [1.165, 1.54) is 16.2 Å². The van der Waals surface area contributed by atoms with Crippen LogP contribution in [0.4, 0.5) is 0 Å². The number of carbonyl (C=O) groups excluding carboxylic acids is 1. The van der Waals surface area contributed by atoms with E-state index in [1.807, 2.05) is 12.1 Å². The van der Waals surface area contributed by atoms with E-state index in [0.29, 0.717) is 31.3 Å². The summed E-state index contributed by atoms with van der Waals surface area (Å²) in [5.74, 6) is 0.875. The number of fused-ring (bicyclic) bond motifs is 4. The molecule has 0 saturated heterocycles. The minimum Gasteiger partial charge on any atom is -0.340 e. The van der Waals surface area contributed by atoms with Gasteiger partial charge in [-0.15, -0.1) is 23.2 Å². The van der Waals surface area contributed by atoms with Gasteiger partial charge >= 0.3 is 0 Å². The molecule has 1 amide bonds. The third-order valence-electron chi connectivity index (χ3n) is 5.27. The first-order valence-corrected chi connectivity index (χ1v) is 10.5. The fourth-order valence-corrected chi connectivity index (χ4v) is 4.34. The Labute approximate surface area is 174 Å². The van der Waals surface area contributed by atoms with Crippen molar-refractivity contribution >= 4 is 61.4 Å². The molecule has 4 aromatic carbocycles. The molecule has 0 fully saturated rings. The number of hydrogen-bond acceptors (Lipinski definition) is 1. The van der Waals surface area contributed by atoms with Crippen molar-refractivity contribution in [1.29, 1.82) is 0 Å². The van der Waals surface area contributed by atoms with Crippen LogP contribution in [-0.4, -0.2) is 35.7 Å². The van der Waals surface area contributed by atoms with Gasteiger partial charge in [-0.2, -0.15) is 0 Å². The van der Waals surface area contributed by atoms with Crippen LogP contribution < -0.4 is 0 Å². The van der Waals surface area contributed by atoms with Crippen molar-refractivity contribution < 1.29 is 4.79 Å². The lowest BCUT2D eigenvalue weighted by atomic mass is 9.91. The zero-order chi connectivity index (χ0) is 19.5. The van der Waals surface area contributed by atoms with Crippen molar-refractivity contribution in [3.63, 3.8) is 0 Å². The second kappa shape index (κ2) is 8.38. The van der Waals surface area contributed by atoms with Gasteiger partial charge in [0.25, 0.3) is 0 Å². The van der Waals surface area contributed by atoms with Crippen LogP contribution in [0.3, 0.4) is 0 Å². The van der Waals surface area contributed by atoms with Gasteiger partial charge in [-0.25, -0.2) is 0 Å². The van der Waals surface area contributed by atoms with Gasteiger partial charge in [-0.3, -0.25) is 4.79 Å². The maximum atomic E-state index is 13.1. The molecule has 4 aromatic rings. The Morgan fingerprint density at radius 2 is 1.36 bits per heavy atom. The molecule has 0 N–H and O–H groups in total. The summed E-state index contributed by atoms with van der Waals surface area (Å²) < 4.78 is 0. The van der Waals surface area contributed by atoms with Crippen LogP contribution in [0.25, 0.3) is 32.3 Å².